The molecule has 1 aromatic carbocycles. The number of hydrogen-bond donors (Lipinski definition) is 2. The predicted octanol–water partition coefficient (Wildman–Crippen LogP) is 2.81. The van der Waals surface area contributed by atoms with Gasteiger partial charge in [-0.1, -0.05) is 43.2 Å². The Morgan fingerprint density at radius 2 is 1.86 bits per heavy atom. The summed E-state index contributed by atoms with van der Waals surface area (Å²) < 4.78 is 0. The Kier molecular flexibility index (Phi) is 4.01. The van der Waals surface area contributed by atoms with Crippen molar-refractivity contribution < 1.29 is 0 Å². The molecule has 0 aliphatic heterocycles. The van der Waals surface area contributed by atoms with Crippen LogP contribution in [0.1, 0.15) is 25.7 Å². The molecule has 1 saturated carbocycles. The largest absolute Gasteiger partial charge is 0.357 e. The average molecular weight is 283 g/mol. The number of aromatic nitrogens is 2. The summed E-state index contributed by atoms with van der Waals surface area (Å²) >= 11 is 0. The molecule has 1 aromatic heterocycles. The number of benzene rings is 1. The van der Waals surface area contributed by atoms with Crippen molar-refractivity contribution in [2.24, 2.45) is 5.84 Å². The van der Waals surface area contributed by atoms with Crippen molar-refractivity contribution in [1.29, 1.82) is 0 Å². The first kappa shape index (κ1) is 13.8. The molecule has 0 spiro atoms. The molecule has 1 fully saturated rings. The van der Waals surface area contributed by atoms with E-state index in [1.807, 2.05) is 36.4 Å². The normalized spacial score (nSPS) is 15.1. The first-order valence-corrected chi connectivity index (χ1v) is 7.42. The molecule has 110 valence electrons. The maximum Gasteiger partial charge on any atom is 0.163 e. The molecule has 0 saturated heterocycles. The SMILES string of the molecule is CN(c1cc(NN)nc(-c2ccccc2)n1)C1CCCC1. The van der Waals surface area contributed by atoms with Gasteiger partial charge in [0.25, 0.3) is 0 Å². The number of anilines is 2. The van der Waals surface area contributed by atoms with Crippen LogP contribution in [0.3, 0.4) is 0 Å². The van der Waals surface area contributed by atoms with E-state index in [9.17, 15) is 0 Å². The Bertz CT molecular complexity index is 593. The zero-order chi connectivity index (χ0) is 14.7. The monoisotopic (exact) mass is 283 g/mol. The van der Waals surface area contributed by atoms with Crippen LogP contribution in [0, 0.1) is 0 Å². The van der Waals surface area contributed by atoms with Crippen LogP contribution in [0.5, 0.6) is 0 Å². The molecule has 0 amide bonds. The van der Waals surface area contributed by atoms with Gasteiger partial charge in [-0.05, 0) is 12.8 Å². The average Bonchev–Trinajstić information content (AvgIpc) is 3.09. The van der Waals surface area contributed by atoms with Gasteiger partial charge < -0.3 is 10.3 Å². The fourth-order valence-corrected chi connectivity index (χ4v) is 2.88. The number of hydrazine groups is 1. The highest BCUT2D eigenvalue weighted by atomic mass is 15.3. The highest BCUT2D eigenvalue weighted by Crippen LogP contribution is 2.28. The van der Waals surface area contributed by atoms with Crippen molar-refractivity contribution in [3.63, 3.8) is 0 Å². The van der Waals surface area contributed by atoms with E-state index in [2.05, 4.69) is 22.4 Å². The van der Waals surface area contributed by atoms with E-state index in [-0.39, 0.29) is 0 Å². The van der Waals surface area contributed by atoms with Gasteiger partial charge in [-0.15, -0.1) is 0 Å². The predicted molar refractivity (Wildman–Crippen MR) is 85.9 cm³/mol. The molecule has 0 radical (unpaired) electrons. The van der Waals surface area contributed by atoms with E-state index in [1.165, 1.54) is 25.7 Å². The van der Waals surface area contributed by atoms with Gasteiger partial charge in [-0.25, -0.2) is 15.8 Å². The number of nitrogens with zero attached hydrogens (tertiary/aromatic N) is 3. The Balaban J connectivity index is 1.97. The second kappa shape index (κ2) is 6.10. The van der Waals surface area contributed by atoms with Crippen LogP contribution < -0.4 is 16.2 Å². The number of nitrogens with two attached hydrogens (primary N) is 1. The maximum atomic E-state index is 5.56. The lowest BCUT2D eigenvalue weighted by Gasteiger charge is -2.26. The van der Waals surface area contributed by atoms with Gasteiger partial charge in [0.2, 0.25) is 0 Å². The first-order valence-electron chi connectivity index (χ1n) is 7.42. The third-order valence-electron chi connectivity index (χ3n) is 4.13. The van der Waals surface area contributed by atoms with Crippen molar-refractivity contribution in [2.75, 3.05) is 17.4 Å². The van der Waals surface area contributed by atoms with E-state index < -0.39 is 0 Å². The zero-order valence-corrected chi connectivity index (χ0v) is 12.3. The minimum Gasteiger partial charge on any atom is -0.357 e. The minimum atomic E-state index is 0.564. The molecule has 2 aromatic rings. The van der Waals surface area contributed by atoms with Crippen LogP contribution in [0.25, 0.3) is 11.4 Å². The van der Waals surface area contributed by atoms with Gasteiger partial charge in [0.05, 0.1) is 0 Å². The summed E-state index contributed by atoms with van der Waals surface area (Å²) in [6.07, 6.45) is 5.06. The topological polar surface area (TPSA) is 67.1 Å². The van der Waals surface area contributed by atoms with Crippen molar-refractivity contribution in [3.05, 3.63) is 36.4 Å². The molecule has 21 heavy (non-hydrogen) atoms. The summed E-state index contributed by atoms with van der Waals surface area (Å²) in [4.78, 5) is 11.4. The number of nitrogen functional groups attached to an aromatic ring is 1. The fraction of sp³-hybridized carbons (Fsp3) is 0.375. The summed E-state index contributed by atoms with van der Waals surface area (Å²) in [6, 6.07) is 12.5. The van der Waals surface area contributed by atoms with Crippen LogP contribution in [0.15, 0.2) is 36.4 Å². The summed E-state index contributed by atoms with van der Waals surface area (Å²) in [6.45, 7) is 0. The molecule has 1 heterocycles. The van der Waals surface area contributed by atoms with Crippen molar-refractivity contribution in [2.45, 2.75) is 31.7 Å². The molecule has 0 unspecified atom stereocenters. The molecule has 5 nitrogen and oxygen atoms in total. The smallest absolute Gasteiger partial charge is 0.163 e. The Morgan fingerprint density at radius 3 is 2.52 bits per heavy atom. The number of rotatable bonds is 4. The lowest BCUT2D eigenvalue weighted by atomic mass is 10.2. The first-order chi connectivity index (χ1) is 10.3. The summed E-state index contributed by atoms with van der Waals surface area (Å²) in [5.41, 5.74) is 3.64. The summed E-state index contributed by atoms with van der Waals surface area (Å²) in [5.74, 6) is 7.82. The molecular formula is C16H21N5. The van der Waals surface area contributed by atoms with Gasteiger partial charge in [0, 0.05) is 24.7 Å². The summed E-state index contributed by atoms with van der Waals surface area (Å²) in [5, 5.41) is 0. The molecule has 1 aliphatic carbocycles. The lowest BCUT2D eigenvalue weighted by Crippen LogP contribution is -2.30. The molecule has 1 aliphatic rings. The van der Waals surface area contributed by atoms with E-state index in [0.717, 1.165) is 11.4 Å². The second-order valence-corrected chi connectivity index (χ2v) is 5.49. The number of nitrogens with one attached hydrogen (secondary N) is 1. The second-order valence-electron chi connectivity index (χ2n) is 5.49. The lowest BCUT2D eigenvalue weighted by molar-refractivity contribution is 0.646. The van der Waals surface area contributed by atoms with E-state index >= 15 is 0 Å². The van der Waals surface area contributed by atoms with Gasteiger partial charge in [0.1, 0.15) is 11.6 Å². The van der Waals surface area contributed by atoms with Crippen molar-refractivity contribution >= 4 is 11.6 Å². The molecule has 3 N–H and O–H groups in total. The molecular weight excluding hydrogens is 262 g/mol. The molecule has 0 bridgehead atoms. The van der Waals surface area contributed by atoms with Crippen LogP contribution in [-0.2, 0) is 0 Å². The molecule has 0 atom stereocenters. The summed E-state index contributed by atoms with van der Waals surface area (Å²) in [7, 11) is 2.10. The molecule has 5 heteroatoms. The van der Waals surface area contributed by atoms with Gasteiger partial charge in [-0.2, -0.15) is 0 Å². The van der Waals surface area contributed by atoms with E-state index in [4.69, 9.17) is 10.8 Å². The standard InChI is InChI=1S/C16H21N5/c1-21(13-9-5-6-10-13)15-11-14(20-17)18-16(19-15)12-7-3-2-4-8-12/h2-4,7-8,11,13H,5-6,9-10,17H2,1H3,(H,18,19,20). The third-order valence-corrected chi connectivity index (χ3v) is 4.13. The fourth-order valence-electron chi connectivity index (χ4n) is 2.88. The van der Waals surface area contributed by atoms with Crippen LogP contribution >= 0.6 is 0 Å². The van der Waals surface area contributed by atoms with Crippen LogP contribution in [-0.4, -0.2) is 23.1 Å². The van der Waals surface area contributed by atoms with Gasteiger partial charge in [0.15, 0.2) is 5.82 Å². The Hall–Kier alpha value is -2.14. The Morgan fingerprint density at radius 1 is 1.14 bits per heavy atom. The van der Waals surface area contributed by atoms with Crippen LogP contribution in [0.4, 0.5) is 11.6 Å². The number of hydrogen-bond acceptors (Lipinski definition) is 5. The Labute approximate surface area is 125 Å². The maximum absolute atomic E-state index is 5.56. The zero-order valence-electron chi connectivity index (χ0n) is 12.3. The van der Waals surface area contributed by atoms with E-state index in [1.54, 1.807) is 0 Å². The quantitative estimate of drug-likeness (QED) is 0.667. The van der Waals surface area contributed by atoms with Crippen molar-refractivity contribution in [1.82, 2.24) is 9.97 Å². The van der Waals surface area contributed by atoms with Crippen LogP contribution in [0.2, 0.25) is 0 Å². The van der Waals surface area contributed by atoms with E-state index in [0.29, 0.717) is 17.7 Å². The van der Waals surface area contributed by atoms with Gasteiger partial charge in [-0.3, -0.25) is 0 Å². The highest BCUT2D eigenvalue weighted by Gasteiger charge is 2.21. The minimum absolute atomic E-state index is 0.564. The third kappa shape index (κ3) is 2.97. The van der Waals surface area contributed by atoms with Gasteiger partial charge >= 0.3 is 0 Å². The molecule has 3 rings (SSSR count). The highest BCUT2D eigenvalue weighted by molar-refractivity contribution is 5.61. The van der Waals surface area contributed by atoms with Crippen molar-refractivity contribution in [3.8, 4) is 11.4 Å².